The molecule has 0 aromatic heterocycles. The van der Waals surface area contributed by atoms with Crippen LogP contribution in [0.2, 0.25) is 0 Å². The average Bonchev–Trinajstić information content (AvgIpc) is 3.62. The Morgan fingerprint density at radius 3 is 2.34 bits per heavy atom. The number of benzene rings is 1. The molecule has 1 saturated heterocycles. The Hall–Kier alpha value is -1.90. The van der Waals surface area contributed by atoms with Gasteiger partial charge < -0.3 is 15.3 Å². The summed E-state index contributed by atoms with van der Waals surface area (Å²) in [5.74, 6) is 0.180. The predicted octanol–water partition coefficient (Wildman–Crippen LogP) is 3.24. The van der Waals surface area contributed by atoms with E-state index >= 15 is 0 Å². The van der Waals surface area contributed by atoms with E-state index in [1.54, 1.807) is 0 Å². The molecule has 2 atom stereocenters. The molecule has 2 aliphatic carbocycles. The highest BCUT2D eigenvalue weighted by molar-refractivity contribution is 5.78. The van der Waals surface area contributed by atoms with Crippen molar-refractivity contribution < 1.29 is 9.90 Å². The van der Waals surface area contributed by atoms with Crippen LogP contribution in [0.4, 0.5) is 0 Å². The van der Waals surface area contributed by atoms with Crippen LogP contribution < -0.4 is 5.32 Å². The van der Waals surface area contributed by atoms with Crippen molar-refractivity contribution in [2.24, 2.45) is 16.7 Å². The molecule has 0 bridgehead atoms. The highest BCUT2D eigenvalue weighted by atomic mass is 16.4. The number of rotatable bonds is 9. The molecule has 29 heavy (non-hydrogen) atoms. The van der Waals surface area contributed by atoms with Crippen LogP contribution in [-0.2, 0) is 17.6 Å². The summed E-state index contributed by atoms with van der Waals surface area (Å²) in [5.41, 5.74) is 2.19. The number of hydrogen-bond acceptors (Lipinski definition) is 4. The Labute approximate surface area is 174 Å². The topological polar surface area (TPSA) is 76.4 Å². The molecule has 156 valence electrons. The molecule has 2 saturated carbocycles. The van der Waals surface area contributed by atoms with Crippen molar-refractivity contribution in [1.29, 1.82) is 5.26 Å². The van der Waals surface area contributed by atoms with Crippen LogP contribution >= 0.6 is 0 Å². The van der Waals surface area contributed by atoms with Crippen LogP contribution in [-0.4, -0.2) is 48.2 Å². The van der Waals surface area contributed by atoms with Crippen LogP contribution in [0, 0.1) is 28.1 Å². The number of piperidine rings is 1. The smallest absolute Gasteiger partial charge is 0.310 e. The molecular formula is C24H33N3O2. The van der Waals surface area contributed by atoms with Gasteiger partial charge >= 0.3 is 5.97 Å². The zero-order chi connectivity index (χ0) is 20.5. The van der Waals surface area contributed by atoms with Gasteiger partial charge in [-0.25, -0.2) is 0 Å². The van der Waals surface area contributed by atoms with Gasteiger partial charge in [0.1, 0.15) is 0 Å². The molecule has 3 fully saturated rings. The average molecular weight is 396 g/mol. The molecule has 1 aromatic carbocycles. The van der Waals surface area contributed by atoms with E-state index in [1.165, 1.54) is 12.0 Å². The SMILES string of the molecule is C[C@@H]1C[C@H]1NCC1(Cc2ccc(CC#N)cc2)CCN(CC2(C(=O)O)CC2)CC1. The number of carbonyl (C=O) groups is 1. The maximum Gasteiger partial charge on any atom is 0.310 e. The van der Waals surface area contributed by atoms with Crippen LogP contribution in [0.15, 0.2) is 24.3 Å². The fraction of sp³-hybridized carbons (Fsp3) is 0.667. The van der Waals surface area contributed by atoms with Gasteiger partial charge in [0.25, 0.3) is 0 Å². The van der Waals surface area contributed by atoms with Crippen molar-refractivity contribution in [2.45, 2.75) is 57.9 Å². The second kappa shape index (κ2) is 8.08. The molecule has 0 amide bonds. The van der Waals surface area contributed by atoms with Crippen LogP contribution in [0.1, 0.15) is 50.2 Å². The lowest BCUT2D eigenvalue weighted by Crippen LogP contribution is -2.48. The summed E-state index contributed by atoms with van der Waals surface area (Å²) < 4.78 is 0. The fourth-order valence-electron chi connectivity index (χ4n) is 4.87. The second-order valence-corrected chi connectivity index (χ2v) is 9.89. The summed E-state index contributed by atoms with van der Waals surface area (Å²) >= 11 is 0. The van der Waals surface area contributed by atoms with Gasteiger partial charge in [0.05, 0.1) is 17.9 Å². The number of carboxylic acid groups (broad SMARTS) is 1. The number of aliphatic carboxylic acids is 1. The quantitative estimate of drug-likeness (QED) is 0.671. The first-order chi connectivity index (χ1) is 13.9. The van der Waals surface area contributed by atoms with Crippen molar-refractivity contribution >= 4 is 5.97 Å². The van der Waals surface area contributed by atoms with Crippen molar-refractivity contribution in [3.05, 3.63) is 35.4 Å². The van der Waals surface area contributed by atoms with Gasteiger partial charge in [-0.3, -0.25) is 4.79 Å². The summed E-state index contributed by atoms with van der Waals surface area (Å²) in [6.07, 6.45) is 6.68. The molecule has 1 heterocycles. The number of nitrogens with zero attached hydrogens (tertiary/aromatic N) is 2. The monoisotopic (exact) mass is 395 g/mol. The third kappa shape index (κ3) is 4.82. The van der Waals surface area contributed by atoms with Crippen molar-refractivity contribution in [3.8, 4) is 6.07 Å². The summed E-state index contributed by atoms with van der Waals surface area (Å²) in [5, 5.41) is 22.2. The highest BCUT2D eigenvalue weighted by Gasteiger charge is 2.51. The molecule has 0 spiro atoms. The van der Waals surface area contributed by atoms with Crippen LogP contribution in [0.25, 0.3) is 0 Å². The Morgan fingerprint density at radius 1 is 1.21 bits per heavy atom. The Balaban J connectivity index is 1.39. The third-order valence-electron chi connectivity index (χ3n) is 7.48. The van der Waals surface area contributed by atoms with Crippen molar-refractivity contribution in [3.63, 3.8) is 0 Å². The summed E-state index contributed by atoms with van der Waals surface area (Å²) in [7, 11) is 0. The van der Waals surface area contributed by atoms with E-state index in [1.807, 2.05) is 0 Å². The minimum absolute atomic E-state index is 0.232. The number of carboxylic acids is 1. The summed E-state index contributed by atoms with van der Waals surface area (Å²) in [6, 6.07) is 11.4. The molecule has 0 unspecified atom stereocenters. The second-order valence-electron chi connectivity index (χ2n) is 9.89. The fourth-order valence-corrected chi connectivity index (χ4v) is 4.87. The first-order valence-corrected chi connectivity index (χ1v) is 11.1. The Bertz CT molecular complexity index is 770. The van der Waals surface area contributed by atoms with E-state index in [2.05, 4.69) is 47.5 Å². The maximum absolute atomic E-state index is 11.6. The first-order valence-electron chi connectivity index (χ1n) is 11.1. The summed E-state index contributed by atoms with van der Waals surface area (Å²) in [6.45, 7) is 6.04. The number of likely N-dealkylation sites (tertiary alicyclic amines) is 1. The van der Waals surface area contributed by atoms with Crippen LogP contribution in [0.5, 0.6) is 0 Å². The number of nitriles is 1. The number of hydrogen-bond donors (Lipinski definition) is 2. The maximum atomic E-state index is 11.6. The van der Waals surface area contributed by atoms with Crippen molar-refractivity contribution in [2.75, 3.05) is 26.2 Å². The Morgan fingerprint density at radius 2 is 1.83 bits per heavy atom. The van der Waals surface area contributed by atoms with Gasteiger partial charge in [-0.2, -0.15) is 5.26 Å². The lowest BCUT2D eigenvalue weighted by Gasteiger charge is -2.43. The van der Waals surface area contributed by atoms with E-state index in [9.17, 15) is 9.90 Å². The molecule has 5 nitrogen and oxygen atoms in total. The van der Waals surface area contributed by atoms with Gasteiger partial charge in [-0.1, -0.05) is 31.2 Å². The lowest BCUT2D eigenvalue weighted by atomic mass is 9.73. The van der Waals surface area contributed by atoms with E-state index in [0.717, 1.165) is 63.2 Å². The van der Waals surface area contributed by atoms with Gasteiger partial charge in [0.2, 0.25) is 0 Å². The molecular weight excluding hydrogens is 362 g/mol. The van der Waals surface area contributed by atoms with E-state index in [-0.39, 0.29) is 5.41 Å². The zero-order valence-corrected chi connectivity index (χ0v) is 17.5. The largest absolute Gasteiger partial charge is 0.481 e. The minimum atomic E-state index is -0.615. The molecule has 1 aliphatic heterocycles. The molecule has 2 N–H and O–H groups in total. The van der Waals surface area contributed by atoms with Gasteiger partial charge in [-0.05, 0) is 74.1 Å². The molecule has 3 aliphatic rings. The highest BCUT2D eigenvalue weighted by Crippen LogP contribution is 2.47. The van der Waals surface area contributed by atoms with Gasteiger partial charge in [-0.15, -0.1) is 0 Å². The molecule has 1 aromatic rings. The van der Waals surface area contributed by atoms with E-state index in [4.69, 9.17) is 5.26 Å². The first kappa shape index (κ1) is 20.4. The summed E-state index contributed by atoms with van der Waals surface area (Å²) in [4.78, 5) is 13.9. The molecule has 5 heteroatoms. The van der Waals surface area contributed by atoms with E-state index in [0.29, 0.717) is 19.0 Å². The van der Waals surface area contributed by atoms with Gasteiger partial charge in [0.15, 0.2) is 0 Å². The molecule has 0 radical (unpaired) electrons. The zero-order valence-electron chi connectivity index (χ0n) is 17.5. The predicted molar refractivity (Wildman–Crippen MR) is 112 cm³/mol. The van der Waals surface area contributed by atoms with Crippen molar-refractivity contribution in [1.82, 2.24) is 10.2 Å². The standard InChI is InChI=1S/C24H33N3O2/c1-18-14-21(18)26-16-23(15-20-4-2-19(3-5-20)6-11-25)9-12-27(13-10-23)17-24(7-8-24)22(28)29/h2-5,18,21,26H,6-10,12-17H2,1H3,(H,28,29)/t18-,21-/m1/s1. The minimum Gasteiger partial charge on any atom is -0.481 e. The Kier molecular flexibility index (Phi) is 5.68. The lowest BCUT2D eigenvalue weighted by molar-refractivity contribution is -0.144. The third-order valence-corrected chi connectivity index (χ3v) is 7.48. The normalized spacial score (nSPS) is 27.2. The van der Waals surface area contributed by atoms with E-state index < -0.39 is 11.4 Å². The van der Waals surface area contributed by atoms with Gasteiger partial charge in [0, 0.05) is 19.1 Å². The number of nitrogens with one attached hydrogen (secondary N) is 1. The van der Waals surface area contributed by atoms with Crippen LogP contribution in [0.3, 0.4) is 0 Å². The molecule has 4 rings (SSSR count).